The zero-order chi connectivity index (χ0) is 11.7. The van der Waals surface area contributed by atoms with Crippen molar-refractivity contribution in [2.24, 2.45) is 0 Å². The molecule has 0 aromatic heterocycles. The standard InChI is InChI=1S/C8H15NO6/c1-14-2-3-15-5-7(11)9-6(4-10)8(12)13/h6,10H,2-5H2,1H3,(H,9,11)(H,12,13)/t6-/m0/s1. The molecule has 0 aliphatic rings. The van der Waals surface area contributed by atoms with Crippen LogP contribution in [0.3, 0.4) is 0 Å². The molecular weight excluding hydrogens is 206 g/mol. The molecule has 1 atom stereocenters. The minimum absolute atomic E-state index is 0.251. The Morgan fingerprint density at radius 3 is 2.53 bits per heavy atom. The number of carboxylic acid groups (broad SMARTS) is 1. The minimum Gasteiger partial charge on any atom is -0.480 e. The molecule has 1 amide bonds. The maximum atomic E-state index is 11.0. The van der Waals surface area contributed by atoms with Gasteiger partial charge in [0.05, 0.1) is 19.8 Å². The fourth-order valence-electron chi connectivity index (χ4n) is 0.729. The highest BCUT2D eigenvalue weighted by Crippen LogP contribution is 1.84. The molecule has 0 aromatic rings. The molecule has 0 unspecified atom stereocenters. The Balaban J connectivity index is 3.67. The van der Waals surface area contributed by atoms with Crippen molar-refractivity contribution in [1.82, 2.24) is 5.32 Å². The number of hydrogen-bond acceptors (Lipinski definition) is 5. The van der Waals surface area contributed by atoms with Crippen molar-refractivity contribution in [3.05, 3.63) is 0 Å². The van der Waals surface area contributed by atoms with Crippen LogP contribution in [-0.4, -0.2) is 61.7 Å². The van der Waals surface area contributed by atoms with Crippen molar-refractivity contribution in [1.29, 1.82) is 0 Å². The van der Waals surface area contributed by atoms with Crippen LogP contribution in [0.2, 0.25) is 0 Å². The van der Waals surface area contributed by atoms with E-state index in [0.717, 1.165) is 0 Å². The lowest BCUT2D eigenvalue weighted by atomic mass is 10.3. The molecule has 0 fully saturated rings. The summed E-state index contributed by atoms with van der Waals surface area (Å²) in [5.74, 6) is -1.88. The first-order valence-electron chi connectivity index (χ1n) is 4.31. The normalized spacial score (nSPS) is 12.1. The Bertz CT molecular complexity index is 207. The third-order valence-corrected chi connectivity index (χ3v) is 1.48. The van der Waals surface area contributed by atoms with E-state index in [1.807, 2.05) is 0 Å². The van der Waals surface area contributed by atoms with Gasteiger partial charge in [0.15, 0.2) is 0 Å². The lowest BCUT2D eigenvalue weighted by molar-refractivity contribution is -0.143. The third-order valence-electron chi connectivity index (χ3n) is 1.48. The smallest absolute Gasteiger partial charge is 0.328 e. The van der Waals surface area contributed by atoms with Crippen molar-refractivity contribution in [2.75, 3.05) is 33.5 Å². The highest BCUT2D eigenvalue weighted by atomic mass is 16.5. The second kappa shape index (κ2) is 8.16. The molecule has 88 valence electrons. The van der Waals surface area contributed by atoms with E-state index in [2.05, 4.69) is 10.1 Å². The molecule has 0 saturated heterocycles. The molecule has 0 rings (SSSR count). The van der Waals surface area contributed by atoms with Gasteiger partial charge in [0, 0.05) is 7.11 Å². The SMILES string of the molecule is COCCOCC(=O)N[C@@H](CO)C(=O)O. The molecule has 0 heterocycles. The first-order valence-corrected chi connectivity index (χ1v) is 4.31. The van der Waals surface area contributed by atoms with Gasteiger partial charge < -0.3 is 25.0 Å². The molecule has 15 heavy (non-hydrogen) atoms. The van der Waals surface area contributed by atoms with Crippen molar-refractivity contribution >= 4 is 11.9 Å². The number of nitrogens with one attached hydrogen (secondary N) is 1. The van der Waals surface area contributed by atoms with Gasteiger partial charge >= 0.3 is 5.97 Å². The van der Waals surface area contributed by atoms with Crippen molar-refractivity contribution < 1.29 is 29.3 Å². The number of aliphatic hydroxyl groups excluding tert-OH is 1. The summed E-state index contributed by atoms with van der Waals surface area (Å²) in [5, 5.41) is 19.2. The number of rotatable bonds is 8. The van der Waals surface area contributed by atoms with Crippen LogP contribution in [0.15, 0.2) is 0 Å². The number of carboxylic acids is 1. The highest BCUT2D eigenvalue weighted by molar-refractivity contribution is 5.84. The Morgan fingerprint density at radius 2 is 2.07 bits per heavy atom. The van der Waals surface area contributed by atoms with E-state index in [4.69, 9.17) is 14.9 Å². The number of hydrogen-bond donors (Lipinski definition) is 3. The molecule has 0 saturated carbocycles. The molecule has 0 radical (unpaired) electrons. The Morgan fingerprint density at radius 1 is 1.40 bits per heavy atom. The Kier molecular flexibility index (Phi) is 7.51. The van der Waals surface area contributed by atoms with Gasteiger partial charge in [-0.15, -0.1) is 0 Å². The van der Waals surface area contributed by atoms with E-state index < -0.39 is 24.5 Å². The quantitative estimate of drug-likeness (QED) is 0.418. The zero-order valence-corrected chi connectivity index (χ0v) is 8.43. The first kappa shape index (κ1) is 13.8. The van der Waals surface area contributed by atoms with Gasteiger partial charge in [-0.2, -0.15) is 0 Å². The topological polar surface area (TPSA) is 105 Å². The van der Waals surface area contributed by atoms with Gasteiger partial charge in [-0.05, 0) is 0 Å². The second-order valence-corrected chi connectivity index (χ2v) is 2.69. The fourth-order valence-corrected chi connectivity index (χ4v) is 0.729. The van der Waals surface area contributed by atoms with Gasteiger partial charge in [-0.3, -0.25) is 4.79 Å². The van der Waals surface area contributed by atoms with Gasteiger partial charge in [0.2, 0.25) is 5.91 Å². The summed E-state index contributed by atoms with van der Waals surface area (Å²) < 4.78 is 9.52. The number of methoxy groups -OCH3 is 1. The van der Waals surface area contributed by atoms with Crippen molar-refractivity contribution in [2.45, 2.75) is 6.04 Å². The molecular formula is C8H15NO6. The Hall–Kier alpha value is -1.18. The maximum Gasteiger partial charge on any atom is 0.328 e. The predicted molar refractivity (Wildman–Crippen MR) is 49.3 cm³/mol. The van der Waals surface area contributed by atoms with E-state index in [1.165, 1.54) is 7.11 Å². The second-order valence-electron chi connectivity index (χ2n) is 2.69. The number of carbonyl (C=O) groups is 2. The average Bonchev–Trinajstić information content (AvgIpc) is 2.20. The third kappa shape index (κ3) is 6.83. The number of carbonyl (C=O) groups excluding carboxylic acids is 1. The monoisotopic (exact) mass is 221 g/mol. The van der Waals surface area contributed by atoms with Crippen LogP contribution >= 0.6 is 0 Å². The average molecular weight is 221 g/mol. The molecule has 0 aromatic carbocycles. The maximum absolute atomic E-state index is 11.0. The van der Waals surface area contributed by atoms with Gasteiger partial charge in [0.1, 0.15) is 12.6 Å². The molecule has 3 N–H and O–H groups in total. The van der Waals surface area contributed by atoms with Crippen LogP contribution in [0.1, 0.15) is 0 Å². The molecule has 0 bridgehead atoms. The number of ether oxygens (including phenoxy) is 2. The summed E-state index contributed by atoms with van der Waals surface area (Å²) in [6.07, 6.45) is 0. The number of aliphatic carboxylic acids is 1. The minimum atomic E-state index is -1.29. The summed E-state index contributed by atoms with van der Waals surface area (Å²) in [5.41, 5.74) is 0. The van der Waals surface area contributed by atoms with Gasteiger partial charge in [-0.25, -0.2) is 4.79 Å². The molecule has 7 nitrogen and oxygen atoms in total. The highest BCUT2D eigenvalue weighted by Gasteiger charge is 2.18. The summed E-state index contributed by atoms with van der Waals surface area (Å²) in [6.45, 7) is -0.303. The molecule has 0 spiro atoms. The van der Waals surface area contributed by atoms with E-state index in [-0.39, 0.29) is 13.2 Å². The largest absolute Gasteiger partial charge is 0.480 e. The lowest BCUT2D eigenvalue weighted by Crippen LogP contribution is -2.44. The summed E-state index contributed by atoms with van der Waals surface area (Å²) in [6, 6.07) is -1.29. The first-order chi connectivity index (χ1) is 7.11. The van der Waals surface area contributed by atoms with Crippen LogP contribution in [0, 0.1) is 0 Å². The number of amides is 1. The molecule has 7 heteroatoms. The van der Waals surface area contributed by atoms with Crippen molar-refractivity contribution in [3.63, 3.8) is 0 Å². The summed E-state index contributed by atoms with van der Waals surface area (Å²) >= 11 is 0. The van der Waals surface area contributed by atoms with E-state index in [1.54, 1.807) is 0 Å². The fraction of sp³-hybridized carbons (Fsp3) is 0.750. The number of aliphatic hydroxyl groups is 1. The van der Waals surface area contributed by atoms with Crippen LogP contribution < -0.4 is 5.32 Å². The van der Waals surface area contributed by atoms with E-state index in [9.17, 15) is 9.59 Å². The van der Waals surface area contributed by atoms with E-state index in [0.29, 0.717) is 6.61 Å². The van der Waals surface area contributed by atoms with Gasteiger partial charge in [-0.1, -0.05) is 0 Å². The summed E-state index contributed by atoms with van der Waals surface area (Å²) in [7, 11) is 1.50. The van der Waals surface area contributed by atoms with Crippen LogP contribution in [0.25, 0.3) is 0 Å². The van der Waals surface area contributed by atoms with E-state index >= 15 is 0 Å². The van der Waals surface area contributed by atoms with Crippen molar-refractivity contribution in [3.8, 4) is 0 Å². The van der Waals surface area contributed by atoms with Crippen LogP contribution in [0.4, 0.5) is 0 Å². The Labute approximate surface area is 87.0 Å². The lowest BCUT2D eigenvalue weighted by Gasteiger charge is -2.11. The zero-order valence-electron chi connectivity index (χ0n) is 8.43. The van der Waals surface area contributed by atoms with Crippen LogP contribution in [-0.2, 0) is 19.1 Å². The summed E-state index contributed by atoms with van der Waals surface area (Å²) in [4.78, 5) is 21.4. The molecule has 0 aliphatic heterocycles. The van der Waals surface area contributed by atoms with Crippen LogP contribution in [0.5, 0.6) is 0 Å². The predicted octanol–water partition coefficient (Wildman–Crippen LogP) is -1.79. The molecule has 0 aliphatic carbocycles. The van der Waals surface area contributed by atoms with Gasteiger partial charge in [0.25, 0.3) is 0 Å².